The maximum atomic E-state index is 6.18. The molecule has 2 rings (SSSR count). The van der Waals surface area contributed by atoms with E-state index < -0.39 is 0 Å². The molecule has 0 aliphatic heterocycles. The summed E-state index contributed by atoms with van der Waals surface area (Å²) in [7, 11) is 0. The molecule has 1 aromatic carbocycles. The van der Waals surface area contributed by atoms with Crippen LogP contribution < -0.4 is 5.73 Å². The first kappa shape index (κ1) is 13.1. The van der Waals surface area contributed by atoms with Gasteiger partial charge in [-0.3, -0.25) is 0 Å². The van der Waals surface area contributed by atoms with Crippen LogP contribution in [0.5, 0.6) is 0 Å². The normalized spacial score (nSPS) is 11.8. The minimum absolute atomic E-state index is 0.0940. The first-order chi connectivity index (χ1) is 8.41. The van der Waals surface area contributed by atoms with Gasteiger partial charge in [0.25, 0.3) is 0 Å². The Labute approximate surface area is 112 Å². The molecule has 0 atom stereocenters. The molecular weight excluding hydrogens is 248 g/mol. The van der Waals surface area contributed by atoms with E-state index in [1.165, 1.54) is 0 Å². The molecule has 0 spiro atoms. The molecule has 1 heterocycles. The monoisotopic (exact) mass is 264 g/mol. The molecule has 18 heavy (non-hydrogen) atoms. The van der Waals surface area contributed by atoms with E-state index >= 15 is 0 Å². The maximum Gasteiger partial charge on any atom is 0.182 e. The van der Waals surface area contributed by atoms with Crippen molar-refractivity contribution in [3.8, 4) is 11.4 Å². The van der Waals surface area contributed by atoms with Crippen molar-refractivity contribution in [1.29, 1.82) is 0 Å². The second-order valence-corrected chi connectivity index (χ2v) is 5.61. The molecule has 0 amide bonds. The first-order valence-corrected chi connectivity index (χ1v) is 6.20. The van der Waals surface area contributed by atoms with Crippen LogP contribution in [0, 0.1) is 0 Å². The molecule has 0 saturated carbocycles. The summed E-state index contributed by atoms with van der Waals surface area (Å²) in [6.07, 6.45) is 1.72. The minimum atomic E-state index is -0.0940. The van der Waals surface area contributed by atoms with Gasteiger partial charge < -0.3 is 5.73 Å². The van der Waals surface area contributed by atoms with Gasteiger partial charge in [0.15, 0.2) is 5.82 Å². The summed E-state index contributed by atoms with van der Waals surface area (Å²) in [5.74, 6) is 0.630. The molecule has 96 valence electrons. The smallest absolute Gasteiger partial charge is 0.182 e. The van der Waals surface area contributed by atoms with Crippen LogP contribution >= 0.6 is 11.6 Å². The predicted molar refractivity (Wildman–Crippen MR) is 73.4 cm³/mol. The van der Waals surface area contributed by atoms with Crippen LogP contribution in [0.2, 0.25) is 5.02 Å². The van der Waals surface area contributed by atoms with E-state index in [-0.39, 0.29) is 5.54 Å². The molecule has 1 aromatic heterocycles. The van der Waals surface area contributed by atoms with Gasteiger partial charge >= 0.3 is 0 Å². The third-order valence-corrected chi connectivity index (χ3v) is 3.02. The first-order valence-electron chi connectivity index (χ1n) is 5.83. The van der Waals surface area contributed by atoms with E-state index in [4.69, 9.17) is 17.3 Å². The molecule has 2 N–H and O–H groups in total. The van der Waals surface area contributed by atoms with Gasteiger partial charge in [-0.2, -0.15) is 5.10 Å². The van der Waals surface area contributed by atoms with Crippen molar-refractivity contribution in [2.45, 2.75) is 32.9 Å². The van der Waals surface area contributed by atoms with Gasteiger partial charge in [0.1, 0.15) is 6.33 Å². The number of nitrogens with zero attached hydrogens (tertiary/aromatic N) is 3. The lowest BCUT2D eigenvalue weighted by Crippen LogP contribution is -2.22. The number of aromatic nitrogens is 3. The van der Waals surface area contributed by atoms with Crippen LogP contribution in [0.3, 0.4) is 0 Å². The van der Waals surface area contributed by atoms with E-state index in [2.05, 4.69) is 30.9 Å². The third kappa shape index (κ3) is 2.54. The maximum absolute atomic E-state index is 6.18. The summed E-state index contributed by atoms with van der Waals surface area (Å²) in [5.41, 5.74) is 7.38. The van der Waals surface area contributed by atoms with Crippen LogP contribution in [-0.4, -0.2) is 14.8 Å². The number of benzene rings is 1. The Morgan fingerprint density at radius 2 is 2.06 bits per heavy atom. The minimum Gasteiger partial charge on any atom is -0.326 e. The molecule has 0 saturated heterocycles. The second-order valence-electron chi connectivity index (χ2n) is 5.20. The van der Waals surface area contributed by atoms with Crippen LogP contribution in [0.25, 0.3) is 11.4 Å². The molecule has 0 unspecified atom stereocenters. The lowest BCUT2D eigenvalue weighted by atomic mass is 10.1. The van der Waals surface area contributed by atoms with Gasteiger partial charge in [-0.25, -0.2) is 9.67 Å². The van der Waals surface area contributed by atoms with Crippen molar-refractivity contribution >= 4 is 11.6 Å². The van der Waals surface area contributed by atoms with E-state index in [1.807, 2.05) is 22.9 Å². The van der Waals surface area contributed by atoms with Crippen molar-refractivity contribution in [1.82, 2.24) is 14.8 Å². The molecule has 0 aliphatic rings. The van der Waals surface area contributed by atoms with Crippen molar-refractivity contribution in [3.05, 3.63) is 35.1 Å². The van der Waals surface area contributed by atoms with Crippen LogP contribution in [0.15, 0.2) is 24.5 Å². The van der Waals surface area contributed by atoms with Crippen molar-refractivity contribution < 1.29 is 0 Å². The zero-order chi connectivity index (χ0) is 13.3. The molecule has 4 nitrogen and oxygen atoms in total. The largest absolute Gasteiger partial charge is 0.326 e. The lowest BCUT2D eigenvalue weighted by molar-refractivity contribution is 0.355. The van der Waals surface area contributed by atoms with E-state index in [0.29, 0.717) is 17.4 Å². The summed E-state index contributed by atoms with van der Waals surface area (Å²) in [6, 6.07) is 5.67. The average molecular weight is 265 g/mol. The van der Waals surface area contributed by atoms with Crippen LogP contribution in [-0.2, 0) is 12.1 Å². The number of hydrogen-bond donors (Lipinski definition) is 1. The van der Waals surface area contributed by atoms with Gasteiger partial charge in [-0.1, -0.05) is 17.7 Å². The summed E-state index contributed by atoms with van der Waals surface area (Å²) in [5, 5.41) is 5.11. The Bertz CT molecular complexity index is 554. The highest BCUT2D eigenvalue weighted by atomic mass is 35.5. The fraction of sp³-hybridized carbons (Fsp3) is 0.385. The Balaban J connectivity index is 2.45. The van der Waals surface area contributed by atoms with Gasteiger partial charge in [-0.05, 0) is 38.5 Å². The Morgan fingerprint density at radius 1 is 1.33 bits per heavy atom. The summed E-state index contributed by atoms with van der Waals surface area (Å²) >= 11 is 6.18. The van der Waals surface area contributed by atoms with Crippen LogP contribution in [0.1, 0.15) is 26.3 Å². The quantitative estimate of drug-likeness (QED) is 0.907. The Hall–Kier alpha value is -1.39. The summed E-state index contributed by atoms with van der Waals surface area (Å²) < 4.78 is 1.83. The summed E-state index contributed by atoms with van der Waals surface area (Å²) in [4.78, 5) is 4.32. The fourth-order valence-corrected chi connectivity index (χ4v) is 1.78. The average Bonchev–Trinajstić information content (AvgIpc) is 2.78. The number of halogens is 1. The van der Waals surface area contributed by atoms with Gasteiger partial charge in [0.2, 0.25) is 0 Å². The Kier molecular flexibility index (Phi) is 3.41. The number of rotatable bonds is 2. The van der Waals surface area contributed by atoms with Gasteiger partial charge in [0.05, 0.1) is 10.6 Å². The molecular formula is C13H17ClN4. The lowest BCUT2D eigenvalue weighted by Gasteiger charge is -2.17. The van der Waals surface area contributed by atoms with Crippen molar-refractivity contribution in [3.63, 3.8) is 0 Å². The highest BCUT2D eigenvalue weighted by Crippen LogP contribution is 2.27. The SMILES string of the molecule is CC(C)(C)n1cnc(-c2cc(CN)ccc2Cl)n1. The standard InChI is InChI=1S/C13H17ClN4/c1-13(2,3)18-8-16-12(17-18)10-6-9(7-15)4-5-11(10)14/h4-6,8H,7,15H2,1-3H3. The fourth-order valence-electron chi connectivity index (χ4n) is 1.58. The molecule has 0 bridgehead atoms. The van der Waals surface area contributed by atoms with Gasteiger partial charge in [0, 0.05) is 12.1 Å². The second kappa shape index (κ2) is 4.71. The zero-order valence-electron chi connectivity index (χ0n) is 10.8. The third-order valence-electron chi connectivity index (χ3n) is 2.69. The summed E-state index contributed by atoms with van der Waals surface area (Å²) in [6.45, 7) is 6.69. The zero-order valence-corrected chi connectivity index (χ0v) is 11.6. The highest BCUT2D eigenvalue weighted by molar-refractivity contribution is 6.33. The molecule has 5 heteroatoms. The highest BCUT2D eigenvalue weighted by Gasteiger charge is 2.16. The van der Waals surface area contributed by atoms with Crippen molar-refractivity contribution in [2.75, 3.05) is 0 Å². The predicted octanol–water partition coefficient (Wildman–Crippen LogP) is 2.81. The van der Waals surface area contributed by atoms with Crippen molar-refractivity contribution in [2.24, 2.45) is 5.73 Å². The van der Waals surface area contributed by atoms with E-state index in [9.17, 15) is 0 Å². The van der Waals surface area contributed by atoms with E-state index in [1.54, 1.807) is 6.33 Å². The van der Waals surface area contributed by atoms with Gasteiger partial charge in [-0.15, -0.1) is 0 Å². The number of nitrogens with two attached hydrogens (primary N) is 1. The molecule has 2 aromatic rings. The molecule has 0 aliphatic carbocycles. The molecule has 0 radical (unpaired) electrons. The molecule has 0 fully saturated rings. The topological polar surface area (TPSA) is 56.7 Å². The Morgan fingerprint density at radius 3 is 2.61 bits per heavy atom. The van der Waals surface area contributed by atoms with E-state index in [0.717, 1.165) is 11.1 Å². The number of hydrogen-bond acceptors (Lipinski definition) is 3. The van der Waals surface area contributed by atoms with Crippen LogP contribution in [0.4, 0.5) is 0 Å².